The Labute approximate surface area is 189 Å². The second kappa shape index (κ2) is 12.7. The fraction of sp³-hybridized carbons (Fsp3) is 0.0952. The zero-order valence-electron chi connectivity index (χ0n) is 16.7. The van der Waals surface area contributed by atoms with Crippen LogP contribution >= 0.6 is 15.9 Å². The average molecular weight is 505 g/mol. The van der Waals surface area contributed by atoms with Gasteiger partial charge in [-0.15, -0.1) is 0 Å². The van der Waals surface area contributed by atoms with Crippen molar-refractivity contribution >= 4 is 39.2 Å². The lowest BCUT2D eigenvalue weighted by atomic mass is 10.3. The molecule has 0 bridgehead atoms. The third kappa shape index (κ3) is 8.85. The molecule has 0 aliphatic heterocycles. The van der Waals surface area contributed by atoms with E-state index >= 15 is 0 Å². The maximum Gasteiger partial charge on any atom is 0.354 e. The number of ketones is 2. The number of carbonyl (C=O) groups excluding carboxylic acids is 2. The van der Waals surface area contributed by atoms with E-state index in [0.29, 0.717) is 11.4 Å². The number of rotatable bonds is 3. The largest absolute Gasteiger partial charge is 0.477 e. The van der Waals surface area contributed by atoms with Crippen LogP contribution in [0, 0.1) is 18.2 Å². The van der Waals surface area contributed by atoms with Crippen LogP contribution in [0.1, 0.15) is 45.3 Å². The molecule has 0 amide bonds. The Hall–Kier alpha value is -3.91. The standard InChI is InChI=1S/C8H6N2O.C7H5BrFNO.C6H4FNO2/c1-6(11)8-4-3-7(9-2)5-10-8;1-4(11)6-3-2-5(9)7(8)10-6;7-4-1-2-5(6(9)10)8-3-4/h3-5H,1H3;2-3H,1H3;1-3H,(H,9,10). The fourth-order valence-corrected chi connectivity index (χ4v) is 2.10. The molecule has 0 atom stereocenters. The van der Waals surface area contributed by atoms with E-state index in [2.05, 4.69) is 35.7 Å². The summed E-state index contributed by atoms with van der Waals surface area (Å²) in [6.07, 6.45) is 2.26. The molecule has 32 heavy (non-hydrogen) atoms. The lowest BCUT2D eigenvalue weighted by Crippen LogP contribution is -1.98. The van der Waals surface area contributed by atoms with Gasteiger partial charge in [0.2, 0.25) is 5.69 Å². The molecule has 3 aromatic heterocycles. The topological polar surface area (TPSA) is 114 Å². The molecule has 1 N–H and O–H groups in total. The van der Waals surface area contributed by atoms with E-state index in [1.165, 1.54) is 32.2 Å². The molecule has 3 aromatic rings. The highest BCUT2D eigenvalue weighted by atomic mass is 79.9. The van der Waals surface area contributed by atoms with Crippen molar-refractivity contribution in [3.8, 4) is 0 Å². The summed E-state index contributed by atoms with van der Waals surface area (Å²) in [6, 6.07) is 7.84. The molecular formula is C21H15BrF2N4O4. The van der Waals surface area contributed by atoms with Gasteiger partial charge < -0.3 is 5.11 Å². The van der Waals surface area contributed by atoms with Crippen molar-refractivity contribution in [2.45, 2.75) is 13.8 Å². The van der Waals surface area contributed by atoms with Gasteiger partial charge in [-0.3, -0.25) is 14.6 Å². The Bertz CT molecular complexity index is 1150. The summed E-state index contributed by atoms with van der Waals surface area (Å²) in [5.74, 6) is -2.41. The zero-order valence-corrected chi connectivity index (χ0v) is 18.3. The first-order valence-corrected chi connectivity index (χ1v) is 9.36. The molecule has 0 saturated heterocycles. The van der Waals surface area contributed by atoms with Gasteiger partial charge in [0, 0.05) is 20.0 Å². The number of hydrogen-bond donors (Lipinski definition) is 1. The predicted octanol–water partition coefficient (Wildman–Crippen LogP) is 4.94. The van der Waals surface area contributed by atoms with Gasteiger partial charge in [-0.2, -0.15) is 0 Å². The monoisotopic (exact) mass is 504 g/mol. The van der Waals surface area contributed by atoms with Crippen molar-refractivity contribution in [2.24, 2.45) is 0 Å². The first-order chi connectivity index (χ1) is 15.0. The maximum atomic E-state index is 12.5. The minimum atomic E-state index is -1.15. The van der Waals surface area contributed by atoms with Crippen LogP contribution in [0.2, 0.25) is 0 Å². The number of nitrogens with zero attached hydrogens (tertiary/aromatic N) is 4. The van der Waals surface area contributed by atoms with Crippen LogP contribution in [0.15, 0.2) is 53.4 Å². The van der Waals surface area contributed by atoms with E-state index in [4.69, 9.17) is 11.7 Å². The molecule has 11 heteroatoms. The van der Waals surface area contributed by atoms with Crippen LogP contribution in [0.4, 0.5) is 14.5 Å². The Kier molecular flexibility index (Phi) is 10.4. The van der Waals surface area contributed by atoms with Crippen molar-refractivity contribution in [2.75, 3.05) is 0 Å². The minimum absolute atomic E-state index is 0.0743. The Balaban J connectivity index is 0.000000240. The molecule has 0 fully saturated rings. The number of Topliss-reactive ketones (excluding diaryl/α,β-unsaturated/α-hetero) is 2. The first-order valence-electron chi connectivity index (χ1n) is 8.57. The van der Waals surface area contributed by atoms with Gasteiger partial charge in [-0.05, 0) is 46.3 Å². The van der Waals surface area contributed by atoms with Crippen molar-refractivity contribution in [1.29, 1.82) is 0 Å². The highest BCUT2D eigenvalue weighted by Gasteiger charge is 2.05. The number of carboxylic acids is 1. The third-order valence-electron chi connectivity index (χ3n) is 3.35. The number of pyridine rings is 3. The van der Waals surface area contributed by atoms with Crippen LogP contribution in [-0.2, 0) is 0 Å². The van der Waals surface area contributed by atoms with E-state index in [9.17, 15) is 23.2 Å². The van der Waals surface area contributed by atoms with Gasteiger partial charge in [0.15, 0.2) is 17.4 Å². The van der Waals surface area contributed by atoms with Crippen LogP contribution in [0.5, 0.6) is 0 Å². The van der Waals surface area contributed by atoms with Gasteiger partial charge in [-0.1, -0.05) is 6.07 Å². The molecular weight excluding hydrogens is 490 g/mol. The van der Waals surface area contributed by atoms with E-state index in [-0.39, 0.29) is 27.6 Å². The normalized spacial score (nSPS) is 9.25. The summed E-state index contributed by atoms with van der Waals surface area (Å²) >= 11 is 2.88. The molecule has 0 aromatic carbocycles. The number of carbonyl (C=O) groups is 3. The van der Waals surface area contributed by atoms with E-state index < -0.39 is 17.6 Å². The summed E-state index contributed by atoms with van der Waals surface area (Å²) in [6.45, 7) is 9.45. The third-order valence-corrected chi connectivity index (χ3v) is 3.90. The summed E-state index contributed by atoms with van der Waals surface area (Å²) in [4.78, 5) is 45.4. The average Bonchev–Trinajstić information content (AvgIpc) is 2.76. The number of aromatic nitrogens is 3. The van der Waals surface area contributed by atoms with E-state index in [1.54, 1.807) is 12.1 Å². The maximum absolute atomic E-state index is 12.5. The lowest BCUT2D eigenvalue weighted by Gasteiger charge is -1.95. The summed E-state index contributed by atoms with van der Waals surface area (Å²) in [5, 5.41) is 8.29. The molecule has 8 nitrogen and oxygen atoms in total. The second-order valence-corrected chi connectivity index (χ2v) is 6.51. The molecule has 0 aliphatic carbocycles. The minimum Gasteiger partial charge on any atom is -0.477 e. The Morgan fingerprint density at radius 1 is 0.906 bits per heavy atom. The van der Waals surface area contributed by atoms with Gasteiger partial charge in [-0.25, -0.2) is 28.4 Å². The SMILES string of the molecule is CC(=O)c1ccc(F)c(Br)n1.O=C(O)c1ccc(F)cn1.[C-]#[N+]c1ccc(C(C)=O)nc1. The zero-order chi connectivity index (χ0) is 24.3. The molecule has 0 unspecified atom stereocenters. The van der Waals surface area contributed by atoms with Crippen molar-refractivity contribution in [3.05, 3.63) is 93.5 Å². The molecule has 3 rings (SSSR count). The first kappa shape index (κ1) is 26.1. The molecule has 164 valence electrons. The fourth-order valence-electron chi connectivity index (χ4n) is 1.78. The van der Waals surface area contributed by atoms with E-state index in [0.717, 1.165) is 18.3 Å². The quantitative estimate of drug-likeness (QED) is 0.305. The number of hydrogen-bond acceptors (Lipinski definition) is 6. The number of carboxylic acid groups (broad SMARTS) is 1. The molecule has 0 aliphatic rings. The smallest absolute Gasteiger partial charge is 0.354 e. The van der Waals surface area contributed by atoms with Crippen molar-refractivity contribution in [3.63, 3.8) is 0 Å². The molecule has 0 spiro atoms. The van der Waals surface area contributed by atoms with Gasteiger partial charge in [0.05, 0.1) is 12.8 Å². The lowest BCUT2D eigenvalue weighted by molar-refractivity contribution is 0.0690. The Morgan fingerprint density at radius 2 is 1.47 bits per heavy atom. The van der Waals surface area contributed by atoms with Gasteiger partial charge >= 0.3 is 5.97 Å². The molecule has 0 saturated carbocycles. The summed E-state index contributed by atoms with van der Waals surface area (Å²) < 4.78 is 24.7. The second-order valence-electron chi connectivity index (χ2n) is 5.76. The summed E-state index contributed by atoms with van der Waals surface area (Å²) in [7, 11) is 0. The number of aromatic carboxylic acids is 1. The van der Waals surface area contributed by atoms with Crippen molar-refractivity contribution < 1.29 is 28.3 Å². The Morgan fingerprint density at radius 3 is 1.88 bits per heavy atom. The summed E-state index contributed by atoms with van der Waals surface area (Å²) in [5.41, 5.74) is 0.965. The number of halogens is 3. The molecule has 3 heterocycles. The predicted molar refractivity (Wildman–Crippen MR) is 114 cm³/mol. The highest BCUT2D eigenvalue weighted by molar-refractivity contribution is 9.10. The molecule has 0 radical (unpaired) electrons. The van der Waals surface area contributed by atoms with Crippen molar-refractivity contribution in [1.82, 2.24) is 15.0 Å². The van der Waals surface area contributed by atoms with Crippen LogP contribution < -0.4 is 0 Å². The van der Waals surface area contributed by atoms with Crippen LogP contribution in [-0.4, -0.2) is 37.6 Å². The van der Waals surface area contributed by atoms with Gasteiger partial charge in [0.1, 0.15) is 27.5 Å². The van der Waals surface area contributed by atoms with Gasteiger partial charge in [0.25, 0.3) is 0 Å². The van der Waals surface area contributed by atoms with Crippen LogP contribution in [0.25, 0.3) is 4.85 Å². The van der Waals surface area contributed by atoms with Crippen LogP contribution in [0.3, 0.4) is 0 Å². The highest BCUT2D eigenvalue weighted by Crippen LogP contribution is 2.12. The van der Waals surface area contributed by atoms with E-state index in [1.807, 2.05) is 0 Å².